The van der Waals surface area contributed by atoms with Gasteiger partial charge in [-0.15, -0.1) is 11.6 Å². The second-order valence-electron chi connectivity index (χ2n) is 2.51. The Kier molecular flexibility index (Phi) is 4.73. The van der Waals surface area contributed by atoms with Gasteiger partial charge in [-0.2, -0.15) is 0 Å². The number of aromatic nitrogens is 1. The van der Waals surface area contributed by atoms with Crippen LogP contribution in [0.4, 0.5) is 0 Å². The Hall–Kier alpha value is -0.600. The molecule has 0 atom stereocenters. The molecule has 66 valence electrons. The minimum Gasteiger partial charge on any atom is -0.315 e. The van der Waals surface area contributed by atoms with Crippen molar-refractivity contribution in [1.29, 1.82) is 0 Å². The number of alkyl halides is 1. The van der Waals surface area contributed by atoms with E-state index in [9.17, 15) is 0 Å². The predicted molar refractivity (Wildman–Crippen MR) is 51.5 cm³/mol. The molecule has 0 radical (unpaired) electrons. The fraction of sp³-hybridized carbons (Fsp3) is 0.444. The van der Waals surface area contributed by atoms with Gasteiger partial charge in [0.25, 0.3) is 0 Å². The maximum atomic E-state index is 5.51. The molecule has 0 bridgehead atoms. The fourth-order valence-corrected chi connectivity index (χ4v) is 1.09. The zero-order chi connectivity index (χ0) is 8.65. The largest absolute Gasteiger partial charge is 0.315 e. The predicted octanol–water partition coefficient (Wildman–Crippen LogP) is 1.45. The molecule has 2 nitrogen and oxygen atoms in total. The molecule has 0 aromatic carbocycles. The van der Waals surface area contributed by atoms with Gasteiger partial charge in [0.1, 0.15) is 0 Å². The lowest BCUT2D eigenvalue weighted by Gasteiger charge is -2.00. The van der Waals surface area contributed by atoms with Crippen LogP contribution in [0, 0.1) is 0 Å². The molecule has 0 unspecified atom stereocenters. The van der Waals surface area contributed by atoms with Crippen molar-refractivity contribution in [2.45, 2.75) is 6.42 Å². The van der Waals surface area contributed by atoms with Gasteiger partial charge >= 0.3 is 0 Å². The van der Waals surface area contributed by atoms with Crippen molar-refractivity contribution >= 4 is 11.6 Å². The molecule has 1 heterocycles. The average molecular weight is 185 g/mol. The van der Waals surface area contributed by atoms with Crippen LogP contribution in [0.15, 0.2) is 24.4 Å². The SMILES string of the molecule is ClCCNCCc1ccccn1. The van der Waals surface area contributed by atoms with Gasteiger partial charge in [0.2, 0.25) is 0 Å². The second-order valence-corrected chi connectivity index (χ2v) is 2.89. The van der Waals surface area contributed by atoms with E-state index >= 15 is 0 Å². The Morgan fingerprint density at radius 2 is 2.25 bits per heavy atom. The molecule has 12 heavy (non-hydrogen) atoms. The van der Waals surface area contributed by atoms with Crippen molar-refractivity contribution in [3.63, 3.8) is 0 Å². The first-order valence-corrected chi connectivity index (χ1v) is 4.63. The summed E-state index contributed by atoms with van der Waals surface area (Å²) in [6.45, 7) is 1.82. The van der Waals surface area contributed by atoms with Crippen molar-refractivity contribution in [2.75, 3.05) is 19.0 Å². The summed E-state index contributed by atoms with van der Waals surface area (Å²) in [6.07, 6.45) is 2.79. The molecule has 0 aliphatic carbocycles. The summed E-state index contributed by atoms with van der Waals surface area (Å²) in [5.41, 5.74) is 1.12. The molecule has 3 heteroatoms. The first kappa shape index (κ1) is 9.49. The highest BCUT2D eigenvalue weighted by molar-refractivity contribution is 6.18. The lowest BCUT2D eigenvalue weighted by molar-refractivity contribution is 0.711. The molecule has 0 spiro atoms. The van der Waals surface area contributed by atoms with E-state index in [0.29, 0.717) is 5.88 Å². The second kappa shape index (κ2) is 5.98. The van der Waals surface area contributed by atoms with Gasteiger partial charge in [-0.05, 0) is 12.1 Å². The van der Waals surface area contributed by atoms with Crippen LogP contribution in [0.1, 0.15) is 5.69 Å². The number of nitrogens with zero attached hydrogens (tertiary/aromatic N) is 1. The van der Waals surface area contributed by atoms with Gasteiger partial charge in [0.15, 0.2) is 0 Å². The van der Waals surface area contributed by atoms with Gasteiger partial charge < -0.3 is 5.32 Å². The maximum Gasteiger partial charge on any atom is 0.0416 e. The molecular weight excluding hydrogens is 172 g/mol. The van der Waals surface area contributed by atoms with E-state index in [1.54, 1.807) is 0 Å². The molecule has 0 amide bonds. The normalized spacial score (nSPS) is 10.1. The monoisotopic (exact) mass is 184 g/mol. The summed E-state index contributed by atoms with van der Waals surface area (Å²) in [5, 5.41) is 3.21. The Morgan fingerprint density at radius 3 is 2.92 bits per heavy atom. The van der Waals surface area contributed by atoms with Crippen molar-refractivity contribution in [1.82, 2.24) is 10.3 Å². The highest BCUT2D eigenvalue weighted by Gasteiger charge is 1.91. The molecule has 1 rings (SSSR count). The third-order valence-electron chi connectivity index (χ3n) is 1.56. The third-order valence-corrected chi connectivity index (χ3v) is 1.74. The van der Waals surface area contributed by atoms with Crippen molar-refractivity contribution < 1.29 is 0 Å². The fourth-order valence-electron chi connectivity index (χ4n) is 0.954. The highest BCUT2D eigenvalue weighted by atomic mass is 35.5. The zero-order valence-electron chi connectivity index (χ0n) is 6.96. The third kappa shape index (κ3) is 3.69. The summed E-state index contributed by atoms with van der Waals surface area (Å²) in [5.74, 6) is 0.669. The molecule has 1 aromatic rings. The standard InChI is InChI=1S/C9H13ClN2/c10-5-8-11-7-4-9-3-1-2-6-12-9/h1-3,6,11H,4-5,7-8H2. The van der Waals surface area contributed by atoms with E-state index in [1.165, 1.54) is 0 Å². The molecule has 0 fully saturated rings. The van der Waals surface area contributed by atoms with E-state index in [4.69, 9.17) is 11.6 Å². The van der Waals surface area contributed by atoms with E-state index in [2.05, 4.69) is 10.3 Å². The lowest BCUT2D eigenvalue weighted by Crippen LogP contribution is -2.19. The van der Waals surface area contributed by atoms with Gasteiger partial charge in [-0.25, -0.2) is 0 Å². The molecule has 0 saturated heterocycles. The van der Waals surface area contributed by atoms with Crippen molar-refractivity contribution in [2.24, 2.45) is 0 Å². The van der Waals surface area contributed by atoms with Gasteiger partial charge in [0, 0.05) is 37.3 Å². The van der Waals surface area contributed by atoms with Crippen LogP contribution in [-0.4, -0.2) is 24.0 Å². The Morgan fingerprint density at radius 1 is 1.33 bits per heavy atom. The quantitative estimate of drug-likeness (QED) is 0.554. The smallest absolute Gasteiger partial charge is 0.0416 e. The number of pyridine rings is 1. The number of halogens is 1. The number of hydrogen-bond donors (Lipinski definition) is 1. The van der Waals surface area contributed by atoms with Gasteiger partial charge in [-0.1, -0.05) is 6.07 Å². The van der Waals surface area contributed by atoms with Crippen LogP contribution in [0.2, 0.25) is 0 Å². The summed E-state index contributed by atoms with van der Waals surface area (Å²) in [7, 11) is 0. The van der Waals surface area contributed by atoms with E-state index < -0.39 is 0 Å². The molecule has 0 aliphatic heterocycles. The molecule has 0 saturated carbocycles. The first-order chi connectivity index (χ1) is 5.93. The lowest BCUT2D eigenvalue weighted by atomic mass is 10.3. The summed E-state index contributed by atoms with van der Waals surface area (Å²) >= 11 is 5.51. The van der Waals surface area contributed by atoms with E-state index in [1.807, 2.05) is 24.4 Å². The molecular formula is C9H13ClN2. The minimum atomic E-state index is 0.669. The summed E-state index contributed by atoms with van der Waals surface area (Å²) < 4.78 is 0. The van der Waals surface area contributed by atoms with Gasteiger partial charge in [0.05, 0.1) is 0 Å². The van der Waals surface area contributed by atoms with Crippen LogP contribution in [0.3, 0.4) is 0 Å². The van der Waals surface area contributed by atoms with Crippen molar-refractivity contribution in [3.8, 4) is 0 Å². The van der Waals surface area contributed by atoms with Crippen LogP contribution < -0.4 is 5.32 Å². The first-order valence-electron chi connectivity index (χ1n) is 4.10. The highest BCUT2D eigenvalue weighted by Crippen LogP contribution is 1.92. The zero-order valence-corrected chi connectivity index (χ0v) is 7.72. The summed E-state index contributed by atoms with van der Waals surface area (Å²) in [6, 6.07) is 5.96. The van der Waals surface area contributed by atoms with Gasteiger partial charge in [-0.3, -0.25) is 4.98 Å². The van der Waals surface area contributed by atoms with Crippen LogP contribution in [-0.2, 0) is 6.42 Å². The minimum absolute atomic E-state index is 0.669. The van der Waals surface area contributed by atoms with Crippen molar-refractivity contribution in [3.05, 3.63) is 30.1 Å². The number of hydrogen-bond acceptors (Lipinski definition) is 2. The van der Waals surface area contributed by atoms with Crippen LogP contribution in [0.25, 0.3) is 0 Å². The van der Waals surface area contributed by atoms with Crippen LogP contribution in [0.5, 0.6) is 0 Å². The topological polar surface area (TPSA) is 24.9 Å². The van der Waals surface area contributed by atoms with E-state index in [0.717, 1.165) is 25.2 Å². The molecule has 1 N–H and O–H groups in total. The van der Waals surface area contributed by atoms with E-state index in [-0.39, 0.29) is 0 Å². The number of nitrogens with one attached hydrogen (secondary N) is 1. The summed E-state index contributed by atoms with van der Waals surface area (Å²) in [4.78, 5) is 4.20. The molecule has 1 aromatic heterocycles. The average Bonchev–Trinajstić information content (AvgIpc) is 2.14. The molecule has 0 aliphatic rings. The Labute approximate surface area is 78.0 Å². The maximum absolute atomic E-state index is 5.51. The Balaban J connectivity index is 2.16. The number of rotatable bonds is 5. The Bertz CT molecular complexity index is 201. The van der Waals surface area contributed by atoms with Crippen LogP contribution >= 0.6 is 11.6 Å².